The molecule has 0 aliphatic rings. The van der Waals surface area contributed by atoms with Crippen molar-refractivity contribution < 1.29 is 4.79 Å². The highest BCUT2D eigenvalue weighted by atomic mass is 16.1. The maximum absolute atomic E-state index is 10.7. The molecule has 2 nitrogen and oxygen atoms in total. The standard InChI is InChI=1S/C15H31NO/c1-4-14(16)11-9-7-5-6-8-10-12-15(2,3)13-17/h13-14H,4-12,16H2,1-3H3. The molecular formula is C15H31NO. The maximum atomic E-state index is 10.7. The summed E-state index contributed by atoms with van der Waals surface area (Å²) in [7, 11) is 0. The molecule has 0 amide bonds. The van der Waals surface area contributed by atoms with Crippen LogP contribution in [0.1, 0.15) is 78.6 Å². The van der Waals surface area contributed by atoms with Gasteiger partial charge in [0.15, 0.2) is 0 Å². The van der Waals surface area contributed by atoms with Crippen molar-refractivity contribution in [1.82, 2.24) is 0 Å². The Balaban J connectivity index is 3.22. The molecule has 0 aliphatic heterocycles. The van der Waals surface area contributed by atoms with E-state index >= 15 is 0 Å². The third-order valence-corrected chi connectivity index (χ3v) is 3.49. The number of hydrogen-bond donors (Lipinski definition) is 1. The van der Waals surface area contributed by atoms with Gasteiger partial charge in [0.05, 0.1) is 0 Å². The molecule has 0 aromatic rings. The van der Waals surface area contributed by atoms with Crippen molar-refractivity contribution in [2.45, 2.75) is 84.6 Å². The lowest BCUT2D eigenvalue weighted by Gasteiger charge is -2.15. The van der Waals surface area contributed by atoms with Crippen molar-refractivity contribution in [3.8, 4) is 0 Å². The predicted octanol–water partition coefficient (Wildman–Crippen LogP) is 4.07. The zero-order valence-electron chi connectivity index (χ0n) is 12.0. The zero-order chi connectivity index (χ0) is 13.1. The van der Waals surface area contributed by atoms with Gasteiger partial charge in [0.2, 0.25) is 0 Å². The SMILES string of the molecule is CCC(N)CCCCCCCCC(C)(C)C=O. The second-order valence-electron chi connectivity index (χ2n) is 5.93. The Kier molecular flexibility index (Phi) is 9.43. The lowest BCUT2D eigenvalue weighted by atomic mass is 9.88. The number of nitrogens with two attached hydrogens (primary N) is 1. The summed E-state index contributed by atoms with van der Waals surface area (Å²) < 4.78 is 0. The van der Waals surface area contributed by atoms with Gasteiger partial charge in [-0.2, -0.15) is 0 Å². The normalized spacial score (nSPS) is 13.6. The molecule has 0 fully saturated rings. The van der Waals surface area contributed by atoms with Crippen LogP contribution in [-0.4, -0.2) is 12.3 Å². The molecule has 1 unspecified atom stereocenters. The van der Waals surface area contributed by atoms with Gasteiger partial charge in [0, 0.05) is 11.5 Å². The average molecular weight is 241 g/mol. The fraction of sp³-hybridized carbons (Fsp3) is 0.933. The van der Waals surface area contributed by atoms with Crippen molar-refractivity contribution in [3.05, 3.63) is 0 Å². The summed E-state index contributed by atoms with van der Waals surface area (Å²) in [6.45, 7) is 6.19. The van der Waals surface area contributed by atoms with E-state index in [2.05, 4.69) is 6.92 Å². The summed E-state index contributed by atoms with van der Waals surface area (Å²) in [6.07, 6.45) is 12.0. The van der Waals surface area contributed by atoms with Crippen LogP contribution in [0.5, 0.6) is 0 Å². The van der Waals surface area contributed by atoms with Crippen LogP contribution in [0.4, 0.5) is 0 Å². The Hall–Kier alpha value is -0.370. The van der Waals surface area contributed by atoms with Crippen LogP contribution in [-0.2, 0) is 4.79 Å². The number of unbranched alkanes of at least 4 members (excludes halogenated alkanes) is 5. The van der Waals surface area contributed by atoms with Gasteiger partial charge in [-0.3, -0.25) is 0 Å². The molecule has 0 saturated carbocycles. The second kappa shape index (κ2) is 9.64. The van der Waals surface area contributed by atoms with Gasteiger partial charge in [0.1, 0.15) is 6.29 Å². The fourth-order valence-corrected chi connectivity index (χ4v) is 1.96. The summed E-state index contributed by atoms with van der Waals surface area (Å²) in [6, 6.07) is 0.406. The second-order valence-corrected chi connectivity index (χ2v) is 5.93. The van der Waals surface area contributed by atoms with Crippen LogP contribution in [0, 0.1) is 5.41 Å². The van der Waals surface area contributed by atoms with Crippen LogP contribution in [0.2, 0.25) is 0 Å². The van der Waals surface area contributed by atoms with Gasteiger partial charge in [-0.1, -0.05) is 59.3 Å². The highest BCUT2D eigenvalue weighted by molar-refractivity contribution is 5.57. The van der Waals surface area contributed by atoms with E-state index in [0.717, 1.165) is 19.1 Å². The van der Waals surface area contributed by atoms with Gasteiger partial charge in [0.25, 0.3) is 0 Å². The summed E-state index contributed by atoms with van der Waals surface area (Å²) in [5, 5.41) is 0. The molecule has 0 aromatic heterocycles. The smallest absolute Gasteiger partial charge is 0.125 e. The quantitative estimate of drug-likeness (QED) is 0.438. The Bertz CT molecular complexity index is 189. The number of carbonyl (C=O) groups excluding carboxylic acids is 1. The van der Waals surface area contributed by atoms with Crippen LogP contribution in [0.3, 0.4) is 0 Å². The minimum atomic E-state index is -0.117. The van der Waals surface area contributed by atoms with Crippen molar-refractivity contribution in [3.63, 3.8) is 0 Å². The van der Waals surface area contributed by atoms with Crippen LogP contribution < -0.4 is 5.73 Å². The molecule has 0 saturated heterocycles. The maximum Gasteiger partial charge on any atom is 0.125 e. The van der Waals surface area contributed by atoms with E-state index in [9.17, 15) is 4.79 Å². The van der Waals surface area contributed by atoms with Gasteiger partial charge in [-0.15, -0.1) is 0 Å². The number of rotatable bonds is 11. The molecule has 0 heterocycles. The van der Waals surface area contributed by atoms with E-state index in [4.69, 9.17) is 5.73 Å². The highest BCUT2D eigenvalue weighted by Crippen LogP contribution is 2.21. The van der Waals surface area contributed by atoms with Crippen molar-refractivity contribution in [2.75, 3.05) is 0 Å². The van der Waals surface area contributed by atoms with Gasteiger partial charge >= 0.3 is 0 Å². The number of carbonyl (C=O) groups is 1. The molecule has 2 heteroatoms. The molecular weight excluding hydrogens is 210 g/mol. The first-order valence-corrected chi connectivity index (χ1v) is 7.23. The Morgan fingerprint density at radius 3 is 2.12 bits per heavy atom. The molecule has 0 aromatic carbocycles. The summed E-state index contributed by atoms with van der Waals surface area (Å²) >= 11 is 0. The van der Waals surface area contributed by atoms with Crippen LogP contribution >= 0.6 is 0 Å². The summed E-state index contributed by atoms with van der Waals surface area (Å²) in [5.74, 6) is 0. The summed E-state index contributed by atoms with van der Waals surface area (Å²) in [5.41, 5.74) is 5.75. The van der Waals surface area contributed by atoms with E-state index in [1.54, 1.807) is 0 Å². The first kappa shape index (κ1) is 16.6. The zero-order valence-corrected chi connectivity index (χ0v) is 12.0. The minimum Gasteiger partial charge on any atom is -0.328 e. The van der Waals surface area contributed by atoms with Crippen molar-refractivity contribution in [1.29, 1.82) is 0 Å². The molecule has 0 aliphatic carbocycles. The van der Waals surface area contributed by atoms with Gasteiger partial charge in [-0.05, 0) is 19.3 Å². The Morgan fingerprint density at radius 1 is 1.06 bits per heavy atom. The largest absolute Gasteiger partial charge is 0.328 e. The highest BCUT2D eigenvalue weighted by Gasteiger charge is 2.14. The van der Waals surface area contributed by atoms with E-state index in [1.807, 2.05) is 13.8 Å². The monoisotopic (exact) mass is 241 g/mol. The van der Waals surface area contributed by atoms with E-state index in [1.165, 1.54) is 44.9 Å². The molecule has 17 heavy (non-hydrogen) atoms. The van der Waals surface area contributed by atoms with Crippen LogP contribution in [0.25, 0.3) is 0 Å². The topological polar surface area (TPSA) is 43.1 Å². The molecule has 0 spiro atoms. The van der Waals surface area contributed by atoms with E-state index in [0.29, 0.717) is 6.04 Å². The predicted molar refractivity (Wildman–Crippen MR) is 75.0 cm³/mol. The summed E-state index contributed by atoms with van der Waals surface area (Å²) in [4.78, 5) is 10.7. The Labute approximate surface area is 107 Å². The van der Waals surface area contributed by atoms with Crippen molar-refractivity contribution >= 4 is 6.29 Å². The third-order valence-electron chi connectivity index (χ3n) is 3.49. The molecule has 1 atom stereocenters. The number of hydrogen-bond acceptors (Lipinski definition) is 2. The molecule has 0 rings (SSSR count). The first-order valence-electron chi connectivity index (χ1n) is 7.23. The lowest BCUT2D eigenvalue weighted by Crippen LogP contribution is -2.17. The number of aldehydes is 1. The fourth-order valence-electron chi connectivity index (χ4n) is 1.96. The average Bonchev–Trinajstić information content (AvgIpc) is 2.32. The lowest BCUT2D eigenvalue weighted by molar-refractivity contribution is -0.115. The molecule has 2 N–H and O–H groups in total. The minimum absolute atomic E-state index is 0.117. The van der Waals surface area contributed by atoms with E-state index < -0.39 is 0 Å². The Morgan fingerprint density at radius 2 is 1.59 bits per heavy atom. The van der Waals surface area contributed by atoms with Crippen molar-refractivity contribution in [2.24, 2.45) is 11.1 Å². The molecule has 0 bridgehead atoms. The van der Waals surface area contributed by atoms with Crippen LogP contribution in [0.15, 0.2) is 0 Å². The third kappa shape index (κ3) is 10.5. The van der Waals surface area contributed by atoms with E-state index in [-0.39, 0.29) is 5.41 Å². The molecule has 0 radical (unpaired) electrons. The first-order chi connectivity index (χ1) is 8.02. The van der Waals surface area contributed by atoms with Gasteiger partial charge in [-0.25, -0.2) is 0 Å². The van der Waals surface area contributed by atoms with Gasteiger partial charge < -0.3 is 10.5 Å². The molecule has 102 valence electrons.